The molecule has 100 valence electrons. The highest BCUT2D eigenvalue weighted by Crippen LogP contribution is 2.32. The van der Waals surface area contributed by atoms with E-state index in [2.05, 4.69) is 10.3 Å². The molecule has 1 aliphatic heterocycles. The molecule has 1 aromatic rings. The number of halogens is 4. The molecule has 2 nitrogen and oxygen atoms in total. The normalized spacial score (nSPS) is 20.1. The van der Waals surface area contributed by atoms with Gasteiger partial charge >= 0.3 is 6.18 Å². The third-order valence-electron chi connectivity index (χ3n) is 2.72. The van der Waals surface area contributed by atoms with Crippen molar-refractivity contribution in [1.29, 1.82) is 0 Å². The van der Waals surface area contributed by atoms with Gasteiger partial charge in [-0.15, -0.1) is 0 Å². The van der Waals surface area contributed by atoms with Gasteiger partial charge in [0.2, 0.25) is 0 Å². The van der Waals surface area contributed by atoms with Crippen LogP contribution in [-0.2, 0) is 6.18 Å². The monoisotopic (exact) mass is 296 g/mol. The van der Waals surface area contributed by atoms with Gasteiger partial charge < -0.3 is 5.32 Å². The highest BCUT2D eigenvalue weighted by molar-refractivity contribution is 7.99. The van der Waals surface area contributed by atoms with Crippen LogP contribution >= 0.6 is 23.4 Å². The molecular weight excluding hydrogens is 285 g/mol. The van der Waals surface area contributed by atoms with Crippen LogP contribution in [0.2, 0.25) is 5.15 Å². The molecule has 1 atom stereocenters. The van der Waals surface area contributed by atoms with Crippen LogP contribution < -0.4 is 5.32 Å². The quantitative estimate of drug-likeness (QED) is 0.856. The smallest absolute Gasteiger partial charge is 0.370 e. The number of hydrogen-bond donors (Lipinski definition) is 1. The molecule has 0 spiro atoms. The Morgan fingerprint density at radius 3 is 2.83 bits per heavy atom. The molecule has 2 rings (SSSR count). The Morgan fingerprint density at radius 1 is 1.44 bits per heavy atom. The van der Waals surface area contributed by atoms with Crippen LogP contribution in [-0.4, -0.2) is 23.0 Å². The Balaban J connectivity index is 2.05. The van der Waals surface area contributed by atoms with Crippen molar-refractivity contribution in [1.82, 2.24) is 4.98 Å². The molecule has 1 unspecified atom stereocenters. The van der Waals surface area contributed by atoms with E-state index in [1.54, 1.807) is 0 Å². The number of nitrogens with zero attached hydrogens (tertiary/aromatic N) is 1. The van der Waals surface area contributed by atoms with Crippen molar-refractivity contribution in [2.24, 2.45) is 5.92 Å². The van der Waals surface area contributed by atoms with Crippen molar-refractivity contribution >= 4 is 29.2 Å². The fraction of sp³-hybridized carbons (Fsp3) is 0.545. The third-order valence-corrected chi connectivity index (χ3v) is 4.14. The number of aromatic nitrogens is 1. The molecule has 1 N–H and O–H groups in total. The summed E-state index contributed by atoms with van der Waals surface area (Å²) in [6.45, 7) is 0.637. The molecule has 1 fully saturated rings. The lowest BCUT2D eigenvalue weighted by Crippen LogP contribution is -2.15. The van der Waals surface area contributed by atoms with Crippen LogP contribution in [0.15, 0.2) is 12.1 Å². The summed E-state index contributed by atoms with van der Waals surface area (Å²) in [4.78, 5) is 3.86. The average Bonchev–Trinajstić information content (AvgIpc) is 2.77. The molecule has 0 aliphatic carbocycles. The summed E-state index contributed by atoms with van der Waals surface area (Å²) in [7, 11) is 0. The van der Waals surface area contributed by atoms with Crippen molar-refractivity contribution in [3.8, 4) is 0 Å². The number of hydrogen-bond acceptors (Lipinski definition) is 3. The van der Waals surface area contributed by atoms with Crippen molar-refractivity contribution < 1.29 is 13.2 Å². The number of anilines is 1. The maximum atomic E-state index is 12.6. The number of rotatable bonds is 3. The van der Waals surface area contributed by atoms with E-state index < -0.39 is 11.7 Å². The zero-order valence-corrected chi connectivity index (χ0v) is 11.0. The second kappa shape index (κ2) is 5.57. The second-order valence-electron chi connectivity index (χ2n) is 4.17. The first-order valence-electron chi connectivity index (χ1n) is 5.51. The van der Waals surface area contributed by atoms with Crippen LogP contribution in [0.1, 0.15) is 12.0 Å². The summed E-state index contributed by atoms with van der Waals surface area (Å²) < 4.78 is 37.7. The average molecular weight is 297 g/mol. The van der Waals surface area contributed by atoms with Crippen molar-refractivity contribution in [2.75, 3.05) is 23.4 Å². The Labute approximate surface area is 112 Å². The molecule has 1 saturated heterocycles. The largest absolute Gasteiger partial charge is 0.416 e. The van der Waals surface area contributed by atoms with E-state index >= 15 is 0 Å². The second-order valence-corrected chi connectivity index (χ2v) is 5.71. The zero-order chi connectivity index (χ0) is 13.2. The molecule has 1 aliphatic rings. The van der Waals surface area contributed by atoms with Crippen LogP contribution in [0, 0.1) is 5.92 Å². The zero-order valence-electron chi connectivity index (χ0n) is 9.43. The summed E-state index contributed by atoms with van der Waals surface area (Å²) in [5.74, 6) is 2.83. The molecule has 0 radical (unpaired) electrons. The van der Waals surface area contributed by atoms with E-state index in [4.69, 9.17) is 11.6 Å². The summed E-state index contributed by atoms with van der Waals surface area (Å²) >= 11 is 7.46. The summed E-state index contributed by atoms with van der Waals surface area (Å²) in [6, 6.07) is 1.83. The predicted molar refractivity (Wildman–Crippen MR) is 68.2 cm³/mol. The Kier molecular flexibility index (Phi) is 4.27. The standard InChI is InChI=1S/C11H12ClF3N2S/c12-9-3-8(11(13,14)15)4-10(17-9)16-5-7-1-2-18-6-7/h3-4,7H,1-2,5-6H2,(H,16,17). The summed E-state index contributed by atoms with van der Waals surface area (Å²) in [6.07, 6.45) is -3.31. The number of thioether (sulfide) groups is 1. The Morgan fingerprint density at radius 2 is 2.22 bits per heavy atom. The third kappa shape index (κ3) is 3.68. The molecule has 1 aromatic heterocycles. The Bertz CT molecular complexity index is 419. The fourth-order valence-corrected chi connectivity index (χ4v) is 3.24. The molecule has 0 amide bonds. The molecule has 18 heavy (non-hydrogen) atoms. The molecule has 0 aromatic carbocycles. The van der Waals surface area contributed by atoms with Crippen LogP contribution in [0.5, 0.6) is 0 Å². The topological polar surface area (TPSA) is 24.9 Å². The minimum atomic E-state index is -4.40. The predicted octanol–water partition coefficient (Wildman–Crippen LogP) is 3.92. The maximum Gasteiger partial charge on any atom is 0.416 e. The molecule has 0 saturated carbocycles. The minimum Gasteiger partial charge on any atom is -0.370 e. The summed E-state index contributed by atoms with van der Waals surface area (Å²) in [5, 5.41) is 2.79. The van der Waals surface area contributed by atoms with Crippen LogP contribution in [0.25, 0.3) is 0 Å². The van der Waals surface area contributed by atoms with Crippen molar-refractivity contribution in [2.45, 2.75) is 12.6 Å². The number of nitrogens with one attached hydrogen (secondary N) is 1. The lowest BCUT2D eigenvalue weighted by atomic mass is 10.1. The lowest BCUT2D eigenvalue weighted by Gasteiger charge is -2.13. The van der Waals surface area contributed by atoms with E-state index in [-0.39, 0.29) is 11.0 Å². The molecular formula is C11H12ClF3N2S. The molecule has 0 bridgehead atoms. The van der Waals surface area contributed by atoms with E-state index in [9.17, 15) is 13.2 Å². The van der Waals surface area contributed by atoms with Crippen LogP contribution in [0.3, 0.4) is 0 Å². The van der Waals surface area contributed by atoms with Crippen molar-refractivity contribution in [3.63, 3.8) is 0 Å². The lowest BCUT2D eigenvalue weighted by molar-refractivity contribution is -0.137. The van der Waals surface area contributed by atoms with Gasteiger partial charge in [-0.25, -0.2) is 4.98 Å². The van der Waals surface area contributed by atoms with E-state index in [0.29, 0.717) is 12.5 Å². The van der Waals surface area contributed by atoms with Gasteiger partial charge in [-0.3, -0.25) is 0 Å². The highest BCUT2D eigenvalue weighted by atomic mass is 35.5. The van der Waals surface area contributed by atoms with E-state index in [1.807, 2.05) is 11.8 Å². The van der Waals surface area contributed by atoms with Gasteiger partial charge in [0, 0.05) is 6.54 Å². The van der Waals surface area contributed by atoms with E-state index in [0.717, 1.165) is 30.1 Å². The first-order chi connectivity index (χ1) is 8.45. The Hall–Kier alpha value is -0.620. The van der Waals surface area contributed by atoms with Gasteiger partial charge in [0.15, 0.2) is 0 Å². The van der Waals surface area contributed by atoms with Gasteiger partial charge in [0.1, 0.15) is 11.0 Å². The first kappa shape index (κ1) is 13.8. The fourth-order valence-electron chi connectivity index (χ4n) is 1.74. The SMILES string of the molecule is FC(F)(F)c1cc(Cl)nc(NCC2CCSC2)c1. The van der Waals surface area contributed by atoms with Gasteiger partial charge in [-0.1, -0.05) is 11.6 Å². The summed E-state index contributed by atoms with van der Waals surface area (Å²) in [5.41, 5.74) is -0.772. The number of pyridine rings is 1. The van der Waals surface area contributed by atoms with E-state index in [1.165, 1.54) is 0 Å². The molecule has 2 heterocycles. The van der Waals surface area contributed by atoms with Gasteiger partial charge in [0.05, 0.1) is 5.56 Å². The van der Waals surface area contributed by atoms with Gasteiger partial charge in [-0.2, -0.15) is 24.9 Å². The van der Waals surface area contributed by atoms with Crippen molar-refractivity contribution in [3.05, 3.63) is 22.8 Å². The number of alkyl halides is 3. The minimum absolute atomic E-state index is 0.145. The maximum absolute atomic E-state index is 12.6. The van der Waals surface area contributed by atoms with Crippen LogP contribution in [0.4, 0.5) is 19.0 Å². The highest BCUT2D eigenvalue weighted by Gasteiger charge is 2.31. The first-order valence-corrected chi connectivity index (χ1v) is 7.05. The van der Waals surface area contributed by atoms with Gasteiger partial charge in [0.25, 0.3) is 0 Å². The van der Waals surface area contributed by atoms with Gasteiger partial charge in [-0.05, 0) is 36.0 Å². The molecule has 7 heteroatoms.